The van der Waals surface area contributed by atoms with Crippen molar-refractivity contribution in [2.75, 3.05) is 6.54 Å². The molecule has 4 nitrogen and oxygen atoms in total. The maximum Gasteiger partial charge on any atom is 0.229 e. The first-order valence-electron chi connectivity index (χ1n) is 6.31. The third-order valence-corrected chi connectivity index (χ3v) is 3.18. The monoisotopic (exact) mass is 281 g/mol. The second-order valence-electron chi connectivity index (χ2n) is 4.60. The molecule has 1 aromatic rings. The van der Waals surface area contributed by atoms with Crippen molar-refractivity contribution in [1.82, 2.24) is 4.90 Å². The molecule has 6 heteroatoms. The van der Waals surface area contributed by atoms with Gasteiger partial charge in [-0.3, -0.25) is 19.3 Å². The van der Waals surface area contributed by atoms with Crippen LogP contribution < -0.4 is 0 Å². The lowest BCUT2D eigenvalue weighted by Crippen LogP contribution is -2.39. The highest BCUT2D eigenvalue weighted by Crippen LogP contribution is 2.16. The molecule has 1 fully saturated rings. The molecule has 0 atom stereocenters. The average Bonchev–Trinajstić information content (AvgIpc) is 2.54. The van der Waals surface area contributed by atoms with Gasteiger partial charge in [0.2, 0.25) is 11.8 Å². The van der Waals surface area contributed by atoms with Crippen LogP contribution in [0.4, 0.5) is 8.78 Å². The Labute approximate surface area is 114 Å². The van der Waals surface area contributed by atoms with Crippen LogP contribution in [0.2, 0.25) is 0 Å². The van der Waals surface area contributed by atoms with Crippen LogP contribution in [0, 0.1) is 11.6 Å². The van der Waals surface area contributed by atoms with Crippen LogP contribution >= 0.6 is 0 Å². The number of halogens is 2. The molecule has 0 spiro atoms. The highest BCUT2D eigenvalue weighted by Gasteiger charge is 2.28. The molecule has 0 saturated carbocycles. The molecule has 2 rings (SSSR count). The number of benzene rings is 1. The summed E-state index contributed by atoms with van der Waals surface area (Å²) in [7, 11) is 0. The van der Waals surface area contributed by atoms with Gasteiger partial charge in [-0.25, -0.2) is 8.78 Å². The minimum Gasteiger partial charge on any atom is -0.292 e. The van der Waals surface area contributed by atoms with E-state index in [1.807, 2.05) is 0 Å². The third-order valence-electron chi connectivity index (χ3n) is 3.18. The number of imide groups is 1. The number of ketones is 1. The standard InChI is InChI=1S/C14H13F2NO3/c15-9-4-3-5-10(16)14(9)11(18)8-17-12(19)6-1-2-7-13(17)20/h3-5H,1-2,6-8H2. The van der Waals surface area contributed by atoms with Gasteiger partial charge in [0.15, 0.2) is 5.78 Å². The minimum atomic E-state index is -0.996. The van der Waals surface area contributed by atoms with Crippen molar-refractivity contribution in [2.45, 2.75) is 25.7 Å². The molecule has 1 aliphatic rings. The number of hydrogen-bond acceptors (Lipinski definition) is 3. The molecular weight excluding hydrogens is 268 g/mol. The molecule has 1 aliphatic heterocycles. The normalized spacial score (nSPS) is 16.2. The van der Waals surface area contributed by atoms with Gasteiger partial charge in [0.25, 0.3) is 0 Å². The summed E-state index contributed by atoms with van der Waals surface area (Å²) in [6, 6.07) is 3.06. The van der Waals surface area contributed by atoms with Crippen LogP contribution in [0.3, 0.4) is 0 Å². The predicted molar refractivity (Wildman–Crippen MR) is 65.9 cm³/mol. The van der Waals surface area contributed by atoms with E-state index in [0.717, 1.165) is 23.1 Å². The maximum atomic E-state index is 13.5. The summed E-state index contributed by atoms with van der Waals surface area (Å²) in [6.07, 6.45) is 1.48. The number of rotatable bonds is 3. The van der Waals surface area contributed by atoms with Gasteiger partial charge in [0, 0.05) is 12.8 Å². The van der Waals surface area contributed by atoms with E-state index in [4.69, 9.17) is 0 Å². The molecule has 2 amide bonds. The predicted octanol–water partition coefficient (Wildman–Crippen LogP) is 2.08. The van der Waals surface area contributed by atoms with Crippen LogP contribution in [-0.2, 0) is 9.59 Å². The lowest BCUT2D eigenvalue weighted by molar-refractivity contribution is -0.143. The van der Waals surface area contributed by atoms with Crippen molar-refractivity contribution in [1.29, 1.82) is 0 Å². The van der Waals surface area contributed by atoms with Crippen molar-refractivity contribution < 1.29 is 23.2 Å². The molecule has 1 aromatic carbocycles. The summed E-state index contributed by atoms with van der Waals surface area (Å²) in [4.78, 5) is 36.2. The summed E-state index contributed by atoms with van der Waals surface area (Å²) < 4.78 is 27.0. The van der Waals surface area contributed by atoms with E-state index in [9.17, 15) is 23.2 Å². The zero-order chi connectivity index (χ0) is 14.7. The van der Waals surface area contributed by atoms with Gasteiger partial charge in [-0.15, -0.1) is 0 Å². The molecule has 106 valence electrons. The second kappa shape index (κ2) is 5.90. The largest absolute Gasteiger partial charge is 0.292 e. The van der Waals surface area contributed by atoms with Crippen LogP contribution in [-0.4, -0.2) is 29.0 Å². The number of carbonyl (C=O) groups is 3. The van der Waals surface area contributed by atoms with Crippen LogP contribution in [0.1, 0.15) is 36.0 Å². The van der Waals surface area contributed by atoms with E-state index in [2.05, 4.69) is 0 Å². The van der Waals surface area contributed by atoms with Crippen LogP contribution in [0.25, 0.3) is 0 Å². The van der Waals surface area contributed by atoms with Gasteiger partial charge in [-0.2, -0.15) is 0 Å². The van der Waals surface area contributed by atoms with E-state index in [1.54, 1.807) is 0 Å². The Hall–Kier alpha value is -2.11. The summed E-state index contributed by atoms with van der Waals surface area (Å²) in [6.45, 7) is -0.616. The Bertz CT molecular complexity index is 533. The molecular formula is C14H13F2NO3. The summed E-state index contributed by atoms with van der Waals surface area (Å²) in [5.41, 5.74) is -0.711. The highest BCUT2D eigenvalue weighted by atomic mass is 19.1. The fourth-order valence-corrected chi connectivity index (χ4v) is 2.12. The van der Waals surface area contributed by atoms with E-state index in [0.29, 0.717) is 12.8 Å². The summed E-state index contributed by atoms with van der Waals surface area (Å²) in [5.74, 6) is -3.85. The first-order chi connectivity index (χ1) is 9.50. The number of amides is 2. The van der Waals surface area contributed by atoms with Gasteiger partial charge < -0.3 is 0 Å². The lowest BCUT2D eigenvalue weighted by atomic mass is 10.1. The maximum absolute atomic E-state index is 13.5. The molecule has 20 heavy (non-hydrogen) atoms. The quantitative estimate of drug-likeness (QED) is 0.629. The molecule has 1 heterocycles. The number of likely N-dealkylation sites (tertiary alicyclic amines) is 1. The van der Waals surface area contributed by atoms with Crippen LogP contribution in [0.15, 0.2) is 18.2 Å². The first kappa shape index (κ1) is 14.3. The molecule has 0 aromatic heterocycles. The first-order valence-corrected chi connectivity index (χ1v) is 6.31. The Morgan fingerprint density at radius 2 is 1.55 bits per heavy atom. The topological polar surface area (TPSA) is 54.5 Å². The van der Waals surface area contributed by atoms with Crippen LogP contribution in [0.5, 0.6) is 0 Å². The molecule has 0 radical (unpaired) electrons. The Balaban J connectivity index is 2.22. The summed E-state index contributed by atoms with van der Waals surface area (Å²) >= 11 is 0. The molecule has 0 N–H and O–H groups in total. The molecule has 0 bridgehead atoms. The van der Waals surface area contributed by atoms with Gasteiger partial charge >= 0.3 is 0 Å². The Kier molecular flexibility index (Phi) is 4.22. The molecule has 1 saturated heterocycles. The van der Waals surface area contributed by atoms with E-state index in [1.165, 1.54) is 0 Å². The Morgan fingerprint density at radius 3 is 2.05 bits per heavy atom. The van der Waals surface area contributed by atoms with E-state index in [-0.39, 0.29) is 12.8 Å². The van der Waals surface area contributed by atoms with Crippen molar-refractivity contribution >= 4 is 17.6 Å². The van der Waals surface area contributed by atoms with E-state index >= 15 is 0 Å². The fraction of sp³-hybridized carbons (Fsp3) is 0.357. The smallest absolute Gasteiger partial charge is 0.229 e. The van der Waals surface area contributed by atoms with Gasteiger partial charge in [-0.1, -0.05) is 6.07 Å². The lowest BCUT2D eigenvalue weighted by Gasteiger charge is -2.17. The second-order valence-corrected chi connectivity index (χ2v) is 4.60. The van der Waals surface area contributed by atoms with Crippen molar-refractivity contribution in [3.8, 4) is 0 Å². The van der Waals surface area contributed by atoms with E-state index < -0.39 is 41.3 Å². The minimum absolute atomic E-state index is 0.165. The zero-order valence-electron chi connectivity index (χ0n) is 10.7. The Morgan fingerprint density at radius 1 is 1.05 bits per heavy atom. The molecule has 0 aliphatic carbocycles. The third kappa shape index (κ3) is 2.89. The number of carbonyl (C=O) groups excluding carboxylic acids is 3. The number of Topliss-reactive ketones (excluding diaryl/α,β-unsaturated/α-hetero) is 1. The van der Waals surface area contributed by atoms with Gasteiger partial charge in [0.1, 0.15) is 11.6 Å². The zero-order valence-corrected chi connectivity index (χ0v) is 10.7. The SMILES string of the molecule is O=C(CN1C(=O)CCCCC1=O)c1c(F)cccc1F. The number of hydrogen-bond donors (Lipinski definition) is 0. The van der Waals surface area contributed by atoms with Gasteiger partial charge in [0.05, 0.1) is 12.1 Å². The van der Waals surface area contributed by atoms with Crippen molar-refractivity contribution in [3.63, 3.8) is 0 Å². The number of nitrogens with zero attached hydrogens (tertiary/aromatic N) is 1. The highest BCUT2D eigenvalue weighted by molar-refractivity contribution is 6.05. The van der Waals surface area contributed by atoms with Crippen molar-refractivity contribution in [3.05, 3.63) is 35.4 Å². The van der Waals surface area contributed by atoms with Gasteiger partial charge in [-0.05, 0) is 25.0 Å². The van der Waals surface area contributed by atoms with Crippen molar-refractivity contribution in [2.24, 2.45) is 0 Å². The summed E-state index contributed by atoms with van der Waals surface area (Å²) in [5, 5.41) is 0. The molecule has 0 unspecified atom stereocenters. The average molecular weight is 281 g/mol. The fourth-order valence-electron chi connectivity index (χ4n) is 2.12.